The zero-order valence-corrected chi connectivity index (χ0v) is 20.7. The summed E-state index contributed by atoms with van der Waals surface area (Å²) in [5.41, 5.74) is 2.49. The highest BCUT2D eigenvalue weighted by atomic mass is 16.5. The van der Waals surface area contributed by atoms with Gasteiger partial charge in [0.2, 0.25) is 5.91 Å². The largest absolute Gasteiger partial charge is 0.457 e. The van der Waals surface area contributed by atoms with E-state index in [0.717, 1.165) is 34.9 Å². The Balaban J connectivity index is 1.32. The number of nitrogens with zero attached hydrogens (tertiary/aromatic N) is 1. The molecule has 1 heterocycles. The molecule has 6 nitrogen and oxygen atoms in total. The predicted octanol–water partition coefficient (Wildman–Crippen LogP) is 6.93. The first-order valence-corrected chi connectivity index (χ1v) is 12.2. The number of aromatic nitrogens is 1. The Hall–Kier alpha value is -4.19. The monoisotopic (exact) mass is 479 g/mol. The third kappa shape index (κ3) is 5.54. The van der Waals surface area contributed by atoms with Crippen LogP contribution in [0.25, 0.3) is 10.8 Å². The van der Waals surface area contributed by atoms with Crippen LogP contribution in [0.5, 0.6) is 11.5 Å². The van der Waals surface area contributed by atoms with E-state index in [-0.39, 0.29) is 23.1 Å². The highest BCUT2D eigenvalue weighted by molar-refractivity contribution is 6.06. The van der Waals surface area contributed by atoms with Crippen LogP contribution in [0.1, 0.15) is 49.5 Å². The Morgan fingerprint density at radius 2 is 1.64 bits per heavy atom. The molecule has 1 saturated carbocycles. The van der Waals surface area contributed by atoms with Gasteiger partial charge in [0.25, 0.3) is 5.91 Å². The fraction of sp³-hybridized carbons (Fsp3) is 0.233. The first kappa shape index (κ1) is 23.5. The van der Waals surface area contributed by atoms with E-state index >= 15 is 0 Å². The van der Waals surface area contributed by atoms with Crippen molar-refractivity contribution < 1.29 is 14.3 Å². The SMILES string of the molecule is CC(C)(C)c1cccc(NC(=O)c2ccc3ccc(Oc4ccnc(NC(=O)C5CC5)c4)cc3c2)c1. The highest BCUT2D eigenvalue weighted by Gasteiger charge is 2.29. The Morgan fingerprint density at radius 1 is 0.861 bits per heavy atom. The fourth-order valence-corrected chi connectivity index (χ4v) is 3.95. The zero-order chi connectivity index (χ0) is 25.3. The molecule has 0 atom stereocenters. The lowest BCUT2D eigenvalue weighted by Crippen LogP contribution is -2.14. The number of pyridine rings is 1. The van der Waals surface area contributed by atoms with Gasteiger partial charge in [-0.05, 0) is 77.1 Å². The minimum Gasteiger partial charge on any atom is -0.457 e. The van der Waals surface area contributed by atoms with Gasteiger partial charge in [-0.3, -0.25) is 9.59 Å². The molecule has 3 aromatic carbocycles. The van der Waals surface area contributed by atoms with Gasteiger partial charge in [-0.15, -0.1) is 0 Å². The molecule has 182 valence electrons. The molecule has 0 radical (unpaired) electrons. The molecule has 2 N–H and O–H groups in total. The fourth-order valence-electron chi connectivity index (χ4n) is 3.95. The maximum absolute atomic E-state index is 13.0. The van der Waals surface area contributed by atoms with E-state index < -0.39 is 0 Å². The van der Waals surface area contributed by atoms with Crippen LogP contribution in [0.2, 0.25) is 0 Å². The molecule has 0 spiro atoms. The number of rotatable bonds is 6. The highest BCUT2D eigenvalue weighted by Crippen LogP contribution is 2.31. The van der Waals surface area contributed by atoms with E-state index in [1.165, 1.54) is 0 Å². The van der Waals surface area contributed by atoms with Gasteiger partial charge in [0.15, 0.2) is 0 Å². The molecule has 1 fully saturated rings. The van der Waals surface area contributed by atoms with E-state index in [4.69, 9.17) is 4.74 Å². The lowest BCUT2D eigenvalue weighted by molar-refractivity contribution is -0.117. The third-order valence-corrected chi connectivity index (χ3v) is 6.23. The summed E-state index contributed by atoms with van der Waals surface area (Å²) in [7, 11) is 0. The van der Waals surface area contributed by atoms with Gasteiger partial charge in [-0.1, -0.05) is 45.0 Å². The van der Waals surface area contributed by atoms with Crippen LogP contribution < -0.4 is 15.4 Å². The number of hydrogen-bond donors (Lipinski definition) is 2. The predicted molar refractivity (Wildman–Crippen MR) is 143 cm³/mol. The molecule has 5 rings (SSSR count). The van der Waals surface area contributed by atoms with Crippen LogP contribution in [0.15, 0.2) is 79.0 Å². The van der Waals surface area contributed by atoms with Gasteiger partial charge >= 0.3 is 0 Å². The van der Waals surface area contributed by atoms with Crippen LogP contribution in [0.4, 0.5) is 11.5 Å². The van der Waals surface area contributed by atoms with E-state index in [2.05, 4.69) is 42.5 Å². The van der Waals surface area contributed by atoms with Gasteiger partial charge in [-0.25, -0.2) is 4.98 Å². The van der Waals surface area contributed by atoms with Crippen LogP contribution in [0, 0.1) is 5.92 Å². The minimum atomic E-state index is -0.167. The Kier molecular flexibility index (Phi) is 6.18. The second kappa shape index (κ2) is 9.46. The van der Waals surface area contributed by atoms with Crippen molar-refractivity contribution in [1.82, 2.24) is 4.98 Å². The summed E-state index contributed by atoms with van der Waals surface area (Å²) in [5.74, 6) is 1.61. The van der Waals surface area contributed by atoms with E-state index in [9.17, 15) is 9.59 Å². The molecular formula is C30H29N3O3. The first-order chi connectivity index (χ1) is 17.2. The van der Waals surface area contributed by atoms with E-state index in [1.807, 2.05) is 54.6 Å². The smallest absolute Gasteiger partial charge is 0.255 e. The molecule has 1 aliphatic rings. The average molecular weight is 480 g/mol. The average Bonchev–Trinajstić information content (AvgIpc) is 3.69. The number of carbonyl (C=O) groups excluding carboxylic acids is 2. The van der Waals surface area contributed by atoms with Crippen LogP contribution in [-0.4, -0.2) is 16.8 Å². The summed E-state index contributed by atoms with van der Waals surface area (Å²) in [4.78, 5) is 29.2. The van der Waals surface area contributed by atoms with Crippen LogP contribution in [0.3, 0.4) is 0 Å². The Morgan fingerprint density at radius 3 is 2.42 bits per heavy atom. The van der Waals surface area contributed by atoms with Crippen molar-refractivity contribution in [2.45, 2.75) is 39.0 Å². The maximum atomic E-state index is 13.0. The summed E-state index contributed by atoms with van der Waals surface area (Å²) >= 11 is 0. The van der Waals surface area contributed by atoms with Crippen LogP contribution >= 0.6 is 0 Å². The van der Waals surface area contributed by atoms with Gasteiger partial charge in [0, 0.05) is 29.4 Å². The number of nitrogens with one attached hydrogen (secondary N) is 2. The number of amides is 2. The molecule has 0 saturated heterocycles. The van der Waals surface area contributed by atoms with E-state index in [1.54, 1.807) is 18.3 Å². The topological polar surface area (TPSA) is 80.3 Å². The molecule has 0 bridgehead atoms. The van der Waals surface area contributed by atoms with Crippen molar-refractivity contribution in [2.75, 3.05) is 10.6 Å². The standard InChI is InChI=1S/C30H29N3O3/c1-30(2,3)23-5-4-6-24(17-23)32-29(35)21-10-7-19-11-12-25(16-22(19)15-21)36-26-13-14-31-27(18-26)33-28(34)20-8-9-20/h4-7,10-18,20H,8-9H2,1-3H3,(H,32,35)(H,31,33,34). The van der Waals surface area contributed by atoms with E-state index in [0.29, 0.717) is 22.9 Å². The van der Waals surface area contributed by atoms with Crippen molar-refractivity contribution in [3.63, 3.8) is 0 Å². The second-order valence-corrected chi connectivity index (χ2v) is 10.3. The Bertz CT molecular complexity index is 1450. The van der Waals surface area contributed by atoms with Crippen molar-refractivity contribution in [2.24, 2.45) is 5.92 Å². The molecule has 0 aliphatic heterocycles. The van der Waals surface area contributed by atoms with Gasteiger partial charge in [0.1, 0.15) is 17.3 Å². The van der Waals surface area contributed by atoms with Crippen molar-refractivity contribution in [3.05, 3.63) is 90.1 Å². The van der Waals surface area contributed by atoms with Crippen LogP contribution in [-0.2, 0) is 10.2 Å². The third-order valence-electron chi connectivity index (χ3n) is 6.23. The van der Waals surface area contributed by atoms with Crippen molar-refractivity contribution >= 4 is 34.1 Å². The van der Waals surface area contributed by atoms with Gasteiger partial charge in [-0.2, -0.15) is 0 Å². The first-order valence-electron chi connectivity index (χ1n) is 12.2. The van der Waals surface area contributed by atoms with Crippen molar-refractivity contribution in [3.8, 4) is 11.5 Å². The lowest BCUT2D eigenvalue weighted by atomic mass is 9.87. The van der Waals surface area contributed by atoms with Crippen molar-refractivity contribution in [1.29, 1.82) is 0 Å². The molecule has 1 aliphatic carbocycles. The molecule has 2 amide bonds. The number of fused-ring (bicyclic) bond motifs is 1. The molecule has 4 aromatic rings. The number of benzene rings is 3. The molecule has 36 heavy (non-hydrogen) atoms. The minimum absolute atomic E-state index is 0.00120. The quantitative estimate of drug-likeness (QED) is 0.314. The zero-order valence-electron chi connectivity index (χ0n) is 20.7. The summed E-state index contributed by atoms with van der Waals surface area (Å²) < 4.78 is 6.03. The molecule has 1 aromatic heterocycles. The summed E-state index contributed by atoms with van der Waals surface area (Å²) in [6, 6.07) is 22.7. The van der Waals surface area contributed by atoms with Gasteiger partial charge in [0.05, 0.1) is 0 Å². The van der Waals surface area contributed by atoms with Gasteiger partial charge < -0.3 is 15.4 Å². The summed E-state index contributed by atoms with van der Waals surface area (Å²) in [6.07, 6.45) is 3.47. The second-order valence-electron chi connectivity index (χ2n) is 10.3. The molecule has 6 heteroatoms. The summed E-state index contributed by atoms with van der Waals surface area (Å²) in [6.45, 7) is 6.44. The lowest BCUT2D eigenvalue weighted by Gasteiger charge is -2.20. The summed E-state index contributed by atoms with van der Waals surface area (Å²) in [5, 5.41) is 7.74. The number of carbonyl (C=O) groups is 2. The number of ether oxygens (including phenoxy) is 1. The number of hydrogen-bond acceptors (Lipinski definition) is 4. The normalized spacial score (nSPS) is 13.3. The maximum Gasteiger partial charge on any atom is 0.255 e. The molecular weight excluding hydrogens is 450 g/mol. The molecule has 0 unspecified atom stereocenters. The Labute approximate surface area is 210 Å². The number of anilines is 2.